The summed E-state index contributed by atoms with van der Waals surface area (Å²) in [5, 5.41) is 22.0. The molecule has 202 valence electrons. The first-order valence-electron chi connectivity index (χ1n) is 12.7. The number of anilines is 2. The van der Waals surface area contributed by atoms with Crippen LogP contribution in [0.3, 0.4) is 0 Å². The molecule has 2 aromatic rings. The summed E-state index contributed by atoms with van der Waals surface area (Å²) in [6, 6.07) is 4.49. The van der Waals surface area contributed by atoms with Crippen LogP contribution in [0.4, 0.5) is 15.9 Å². The lowest BCUT2D eigenvalue weighted by molar-refractivity contribution is 0.0781. The third-order valence-corrected chi connectivity index (χ3v) is 8.11. The van der Waals surface area contributed by atoms with Crippen LogP contribution < -0.4 is 16.4 Å². The Hall–Kier alpha value is -2.84. The van der Waals surface area contributed by atoms with Crippen molar-refractivity contribution in [3.63, 3.8) is 0 Å². The van der Waals surface area contributed by atoms with E-state index in [9.17, 15) is 14.3 Å². The van der Waals surface area contributed by atoms with E-state index in [0.717, 1.165) is 55.3 Å². The normalized spacial score (nSPS) is 25.4. The molecule has 2 aliphatic carbocycles. The first-order chi connectivity index (χ1) is 17.6. The molecule has 0 saturated heterocycles. The lowest BCUT2D eigenvalue weighted by atomic mass is 9.84. The van der Waals surface area contributed by atoms with Crippen LogP contribution in [0.2, 0.25) is 5.02 Å². The maximum absolute atomic E-state index is 12.5. The van der Waals surface area contributed by atoms with Crippen molar-refractivity contribution in [3.05, 3.63) is 63.7 Å². The van der Waals surface area contributed by atoms with E-state index in [1.54, 1.807) is 24.8 Å². The van der Waals surface area contributed by atoms with Gasteiger partial charge in [-0.2, -0.15) is 5.10 Å². The second-order valence-electron chi connectivity index (χ2n) is 10.1. The quantitative estimate of drug-likeness (QED) is 0.280. The molecule has 2 atom stereocenters. The summed E-state index contributed by atoms with van der Waals surface area (Å²) in [5.41, 5.74) is 9.70. The second kappa shape index (κ2) is 12.1. The minimum Gasteiger partial charge on any atom is -0.394 e. The van der Waals surface area contributed by atoms with Crippen molar-refractivity contribution < 1.29 is 14.3 Å². The Labute approximate surface area is 224 Å². The Balaban J connectivity index is 0.000000319. The average molecular weight is 532 g/mol. The Bertz CT molecular complexity index is 1160. The number of hydrogen-bond donors (Lipinski definition) is 4. The number of benzene rings is 1. The highest BCUT2D eigenvalue weighted by Gasteiger charge is 2.51. The summed E-state index contributed by atoms with van der Waals surface area (Å²) >= 11 is 5.48. The summed E-state index contributed by atoms with van der Waals surface area (Å²) in [5.74, 6) is 1.20. The van der Waals surface area contributed by atoms with E-state index in [0.29, 0.717) is 23.2 Å². The topological polar surface area (TPSA) is 105 Å². The molecule has 1 heterocycles. The SMILES string of the molecule is CC/C(C)=C(/C=C\NC)C1(O)CC2CC(c3nn(C)c(N)c3C=O)CC2C1.CNc1ccc(F)c(Cl)c1. The molecule has 5 N–H and O–H groups in total. The average Bonchev–Trinajstić information content (AvgIpc) is 3.50. The van der Waals surface area contributed by atoms with Crippen LogP contribution in [0, 0.1) is 17.7 Å². The molecule has 2 saturated carbocycles. The van der Waals surface area contributed by atoms with Crippen molar-refractivity contribution in [2.24, 2.45) is 18.9 Å². The zero-order valence-corrected chi connectivity index (χ0v) is 23.1. The van der Waals surface area contributed by atoms with Crippen molar-refractivity contribution >= 4 is 29.4 Å². The summed E-state index contributed by atoms with van der Waals surface area (Å²) in [6.07, 6.45) is 9.14. The lowest BCUT2D eigenvalue weighted by Gasteiger charge is -2.28. The predicted molar refractivity (Wildman–Crippen MR) is 148 cm³/mol. The van der Waals surface area contributed by atoms with Gasteiger partial charge in [0.15, 0.2) is 6.29 Å². The van der Waals surface area contributed by atoms with Gasteiger partial charge in [0.2, 0.25) is 0 Å². The van der Waals surface area contributed by atoms with Gasteiger partial charge in [0.1, 0.15) is 11.6 Å². The molecule has 1 aromatic carbocycles. The third-order valence-electron chi connectivity index (χ3n) is 7.82. The molecule has 37 heavy (non-hydrogen) atoms. The van der Waals surface area contributed by atoms with E-state index >= 15 is 0 Å². The first-order valence-corrected chi connectivity index (χ1v) is 13.1. The number of halogens is 2. The van der Waals surface area contributed by atoms with Crippen molar-refractivity contribution in [2.45, 2.75) is 57.5 Å². The van der Waals surface area contributed by atoms with Gasteiger partial charge in [-0.15, -0.1) is 0 Å². The number of allylic oxidation sites excluding steroid dienone is 1. The van der Waals surface area contributed by atoms with Crippen LogP contribution in [0.1, 0.15) is 67.9 Å². The fraction of sp³-hybridized carbons (Fsp3) is 0.500. The minimum atomic E-state index is -0.760. The number of rotatable bonds is 7. The number of aldehydes is 1. The first kappa shape index (κ1) is 28.7. The van der Waals surface area contributed by atoms with Gasteiger partial charge in [-0.25, -0.2) is 4.39 Å². The molecule has 2 aliphatic rings. The molecule has 0 amide bonds. The summed E-state index contributed by atoms with van der Waals surface area (Å²) in [7, 11) is 5.40. The molecule has 2 fully saturated rings. The number of aromatic nitrogens is 2. The van der Waals surface area contributed by atoms with E-state index in [1.165, 1.54) is 17.7 Å². The van der Waals surface area contributed by atoms with Crippen molar-refractivity contribution in [3.8, 4) is 0 Å². The van der Waals surface area contributed by atoms with Crippen LogP contribution >= 0.6 is 11.6 Å². The molecule has 0 aliphatic heterocycles. The van der Waals surface area contributed by atoms with Crippen molar-refractivity contribution in [2.75, 3.05) is 25.1 Å². The fourth-order valence-corrected chi connectivity index (χ4v) is 5.99. The van der Waals surface area contributed by atoms with E-state index in [2.05, 4.69) is 29.6 Å². The maximum Gasteiger partial charge on any atom is 0.155 e. The number of aliphatic hydroxyl groups is 1. The number of aryl methyl sites for hydroxylation is 1. The summed E-state index contributed by atoms with van der Waals surface area (Å²) in [4.78, 5) is 11.5. The van der Waals surface area contributed by atoms with Crippen LogP contribution in [0.15, 0.2) is 41.6 Å². The van der Waals surface area contributed by atoms with Crippen LogP contribution in [0.25, 0.3) is 0 Å². The number of nitrogen functional groups attached to an aromatic ring is 1. The van der Waals surface area contributed by atoms with Gasteiger partial charge >= 0.3 is 0 Å². The van der Waals surface area contributed by atoms with Gasteiger partial charge in [-0.05, 0) is 86.9 Å². The van der Waals surface area contributed by atoms with Gasteiger partial charge in [0.05, 0.1) is 21.9 Å². The zero-order valence-electron chi connectivity index (χ0n) is 22.3. The summed E-state index contributed by atoms with van der Waals surface area (Å²) in [6.45, 7) is 4.24. The highest BCUT2D eigenvalue weighted by Crippen LogP contribution is 2.56. The molecular weight excluding hydrogens is 493 g/mol. The Morgan fingerprint density at radius 1 is 1.32 bits per heavy atom. The van der Waals surface area contributed by atoms with Gasteiger partial charge in [0.25, 0.3) is 0 Å². The molecule has 2 unspecified atom stereocenters. The molecule has 4 rings (SSSR count). The number of nitrogens with two attached hydrogens (primary N) is 1. The smallest absolute Gasteiger partial charge is 0.155 e. The maximum atomic E-state index is 12.5. The number of carbonyl (C=O) groups is 1. The predicted octanol–water partition coefficient (Wildman–Crippen LogP) is 5.43. The zero-order chi connectivity index (χ0) is 27.3. The lowest BCUT2D eigenvalue weighted by Crippen LogP contribution is -2.29. The van der Waals surface area contributed by atoms with Crippen molar-refractivity contribution in [1.29, 1.82) is 0 Å². The van der Waals surface area contributed by atoms with Gasteiger partial charge in [-0.1, -0.05) is 24.1 Å². The van der Waals surface area contributed by atoms with Crippen LogP contribution in [-0.4, -0.2) is 40.9 Å². The monoisotopic (exact) mass is 531 g/mol. The number of fused-ring (bicyclic) bond motifs is 1. The van der Waals surface area contributed by atoms with E-state index < -0.39 is 5.60 Å². The van der Waals surface area contributed by atoms with E-state index in [1.807, 2.05) is 19.3 Å². The van der Waals surface area contributed by atoms with Gasteiger partial charge in [0, 0.05) is 32.7 Å². The molecule has 1 aromatic heterocycles. The number of hydrogen-bond acceptors (Lipinski definition) is 6. The Morgan fingerprint density at radius 2 is 1.97 bits per heavy atom. The number of nitrogens with one attached hydrogen (secondary N) is 2. The highest BCUT2D eigenvalue weighted by atomic mass is 35.5. The molecule has 0 bridgehead atoms. The van der Waals surface area contributed by atoms with Crippen LogP contribution in [0.5, 0.6) is 0 Å². The third kappa shape index (κ3) is 6.18. The molecule has 9 heteroatoms. The van der Waals surface area contributed by atoms with E-state index in [4.69, 9.17) is 17.3 Å². The van der Waals surface area contributed by atoms with E-state index in [-0.39, 0.29) is 16.8 Å². The Kier molecular flexibility index (Phi) is 9.42. The Morgan fingerprint density at radius 3 is 2.49 bits per heavy atom. The van der Waals surface area contributed by atoms with Crippen LogP contribution in [-0.2, 0) is 7.05 Å². The second-order valence-corrected chi connectivity index (χ2v) is 10.5. The number of carbonyl (C=O) groups excluding carboxylic acids is 1. The van der Waals surface area contributed by atoms with Gasteiger partial charge in [-0.3, -0.25) is 9.48 Å². The minimum absolute atomic E-state index is 0.145. The van der Waals surface area contributed by atoms with Crippen molar-refractivity contribution in [1.82, 2.24) is 15.1 Å². The standard InChI is InChI=1S/C21H32N4O2.C7H7ClFN/c1-5-13(2)18(6-7-23-3)21(27)10-15-8-14(9-16(15)11-21)19-17(12-26)20(22)25(4)24-19;1-10-5-2-3-7(9)6(8)4-5/h6-7,12,14-16,23,27H,5,8-11,22H2,1-4H3;2-4,10H,1H3/b7-6-,18-13-;. The molecule has 7 nitrogen and oxygen atoms in total. The van der Waals surface area contributed by atoms with Gasteiger partial charge < -0.3 is 21.5 Å². The molecule has 0 radical (unpaired) electrons. The summed E-state index contributed by atoms with van der Waals surface area (Å²) < 4.78 is 14.1. The number of nitrogens with zero attached hydrogens (tertiary/aromatic N) is 2. The highest BCUT2D eigenvalue weighted by molar-refractivity contribution is 6.31. The largest absolute Gasteiger partial charge is 0.394 e. The fourth-order valence-electron chi connectivity index (χ4n) is 5.81. The molecular formula is C28H39ClFN5O2. The molecule has 0 spiro atoms.